The molecule has 1 aliphatic carbocycles. The third kappa shape index (κ3) is 2.26. The number of nitrogens with zero attached hydrogens (tertiary/aromatic N) is 1. The van der Waals surface area contributed by atoms with Gasteiger partial charge >= 0.3 is 5.76 Å². The number of rotatable bonds is 5. The molecule has 1 aromatic heterocycles. The second-order valence-corrected chi connectivity index (χ2v) is 6.63. The van der Waals surface area contributed by atoms with Crippen molar-refractivity contribution >= 4 is 21.1 Å². The number of sulfonamides is 1. The number of aliphatic hydroxyl groups is 1. The van der Waals surface area contributed by atoms with Crippen molar-refractivity contribution in [3.05, 3.63) is 28.7 Å². The van der Waals surface area contributed by atoms with Crippen LogP contribution in [0.15, 0.2) is 32.3 Å². The van der Waals surface area contributed by atoms with E-state index >= 15 is 0 Å². The molecule has 0 amide bonds. The fraction of sp³-hybridized carbons (Fsp3) is 0.417. The second kappa shape index (κ2) is 4.72. The molecule has 3 rings (SSSR count). The Hall–Kier alpha value is -1.64. The van der Waals surface area contributed by atoms with E-state index < -0.39 is 15.8 Å². The summed E-state index contributed by atoms with van der Waals surface area (Å²) in [5.41, 5.74) is 0.657. The van der Waals surface area contributed by atoms with Gasteiger partial charge in [-0.2, -0.15) is 4.31 Å². The molecule has 1 aliphatic rings. The first-order valence-corrected chi connectivity index (χ1v) is 7.72. The quantitative estimate of drug-likeness (QED) is 0.824. The second-order valence-electron chi connectivity index (χ2n) is 4.74. The summed E-state index contributed by atoms with van der Waals surface area (Å²) in [5.74, 6) is -0.621. The van der Waals surface area contributed by atoms with Crippen LogP contribution in [0.5, 0.6) is 0 Å². The van der Waals surface area contributed by atoms with Crippen LogP contribution in [0, 0.1) is 0 Å². The van der Waals surface area contributed by atoms with Crippen LogP contribution in [-0.2, 0) is 10.0 Å². The molecule has 1 aromatic carbocycles. The van der Waals surface area contributed by atoms with Crippen LogP contribution < -0.4 is 5.76 Å². The number of hydrogen-bond donors (Lipinski definition) is 2. The molecule has 20 heavy (non-hydrogen) atoms. The number of oxazole rings is 1. The minimum absolute atomic E-state index is 0.0407. The maximum atomic E-state index is 12.5. The Kier molecular flexibility index (Phi) is 3.15. The molecule has 0 saturated heterocycles. The van der Waals surface area contributed by atoms with E-state index in [-0.39, 0.29) is 29.7 Å². The third-order valence-electron chi connectivity index (χ3n) is 3.27. The first-order valence-electron chi connectivity index (χ1n) is 6.28. The van der Waals surface area contributed by atoms with E-state index in [4.69, 9.17) is 9.52 Å². The lowest BCUT2D eigenvalue weighted by Gasteiger charge is -2.20. The predicted octanol–water partition coefficient (Wildman–Crippen LogP) is 0.266. The number of aromatic amines is 1. The van der Waals surface area contributed by atoms with E-state index in [1.165, 1.54) is 22.5 Å². The molecular weight excluding hydrogens is 284 g/mol. The standard InChI is InChI=1S/C12H14N2O5S/c15-6-5-14(8-1-2-8)20(17,18)9-3-4-10-11(7-9)19-12(16)13-10/h3-4,7-8,15H,1-2,5-6H2,(H,13,16). The predicted molar refractivity (Wildman–Crippen MR) is 70.8 cm³/mol. The molecule has 8 heteroatoms. The van der Waals surface area contributed by atoms with Gasteiger partial charge in [0.2, 0.25) is 10.0 Å². The minimum atomic E-state index is -3.68. The molecule has 1 fully saturated rings. The van der Waals surface area contributed by atoms with Gasteiger partial charge in [0, 0.05) is 18.7 Å². The average molecular weight is 298 g/mol. The molecule has 0 atom stereocenters. The van der Waals surface area contributed by atoms with Crippen LogP contribution in [0.3, 0.4) is 0 Å². The van der Waals surface area contributed by atoms with Crippen molar-refractivity contribution in [2.75, 3.05) is 13.2 Å². The SMILES string of the molecule is O=c1[nH]c2ccc(S(=O)(=O)N(CCO)C3CC3)cc2o1. The summed E-state index contributed by atoms with van der Waals surface area (Å²) in [7, 11) is -3.68. The van der Waals surface area contributed by atoms with Gasteiger partial charge in [0.1, 0.15) is 0 Å². The Labute approximate surface area is 114 Å². The first kappa shape index (κ1) is 13.3. The summed E-state index contributed by atoms with van der Waals surface area (Å²) in [6.45, 7) is -0.153. The van der Waals surface area contributed by atoms with Crippen LogP contribution in [-0.4, -0.2) is 42.0 Å². The van der Waals surface area contributed by atoms with E-state index in [2.05, 4.69) is 4.98 Å². The fourth-order valence-electron chi connectivity index (χ4n) is 2.18. The maximum absolute atomic E-state index is 12.5. The molecule has 0 radical (unpaired) electrons. The molecule has 1 heterocycles. The number of hydrogen-bond acceptors (Lipinski definition) is 5. The summed E-state index contributed by atoms with van der Waals surface area (Å²) in [6.07, 6.45) is 1.61. The average Bonchev–Trinajstić information content (AvgIpc) is 3.15. The lowest BCUT2D eigenvalue weighted by Crippen LogP contribution is -2.35. The van der Waals surface area contributed by atoms with Gasteiger partial charge in [-0.15, -0.1) is 0 Å². The van der Waals surface area contributed by atoms with E-state index in [1.807, 2.05) is 0 Å². The van der Waals surface area contributed by atoms with Crippen LogP contribution >= 0.6 is 0 Å². The van der Waals surface area contributed by atoms with Gasteiger partial charge in [-0.05, 0) is 25.0 Å². The van der Waals surface area contributed by atoms with Crippen molar-refractivity contribution in [1.82, 2.24) is 9.29 Å². The summed E-state index contributed by atoms with van der Waals surface area (Å²) >= 11 is 0. The van der Waals surface area contributed by atoms with E-state index in [1.54, 1.807) is 0 Å². The number of H-pyrrole nitrogens is 1. The molecule has 2 N–H and O–H groups in total. The van der Waals surface area contributed by atoms with E-state index in [0.29, 0.717) is 5.52 Å². The van der Waals surface area contributed by atoms with Crippen molar-refractivity contribution in [1.29, 1.82) is 0 Å². The highest BCUT2D eigenvalue weighted by atomic mass is 32.2. The number of aromatic nitrogens is 1. The van der Waals surface area contributed by atoms with Crippen molar-refractivity contribution < 1.29 is 17.9 Å². The highest BCUT2D eigenvalue weighted by Gasteiger charge is 2.37. The molecule has 7 nitrogen and oxygen atoms in total. The fourth-order valence-corrected chi connectivity index (χ4v) is 3.87. The number of benzene rings is 1. The first-order chi connectivity index (χ1) is 9.52. The Morgan fingerprint density at radius 1 is 1.40 bits per heavy atom. The zero-order valence-electron chi connectivity index (χ0n) is 10.6. The zero-order chi connectivity index (χ0) is 14.3. The normalized spacial score (nSPS) is 16.1. The number of fused-ring (bicyclic) bond motifs is 1. The molecule has 1 saturated carbocycles. The Bertz CT molecular complexity index is 788. The Morgan fingerprint density at radius 3 is 2.80 bits per heavy atom. The van der Waals surface area contributed by atoms with E-state index in [0.717, 1.165) is 12.8 Å². The minimum Gasteiger partial charge on any atom is -0.408 e. The Balaban J connectivity index is 2.04. The molecular formula is C12H14N2O5S. The van der Waals surface area contributed by atoms with Crippen molar-refractivity contribution in [3.8, 4) is 0 Å². The van der Waals surface area contributed by atoms with Gasteiger partial charge in [-0.25, -0.2) is 13.2 Å². The number of nitrogens with one attached hydrogen (secondary N) is 1. The van der Waals surface area contributed by atoms with Crippen molar-refractivity contribution in [2.24, 2.45) is 0 Å². The lowest BCUT2D eigenvalue weighted by atomic mass is 10.3. The molecule has 108 valence electrons. The topological polar surface area (TPSA) is 104 Å². The van der Waals surface area contributed by atoms with Crippen LogP contribution in [0.25, 0.3) is 11.1 Å². The number of aliphatic hydroxyl groups excluding tert-OH is 1. The molecule has 0 spiro atoms. The molecule has 0 bridgehead atoms. The largest absolute Gasteiger partial charge is 0.417 e. The van der Waals surface area contributed by atoms with Crippen molar-refractivity contribution in [2.45, 2.75) is 23.8 Å². The molecule has 2 aromatic rings. The highest BCUT2D eigenvalue weighted by Crippen LogP contribution is 2.32. The molecule has 0 aliphatic heterocycles. The zero-order valence-corrected chi connectivity index (χ0v) is 11.4. The maximum Gasteiger partial charge on any atom is 0.417 e. The van der Waals surface area contributed by atoms with Crippen LogP contribution in [0.1, 0.15) is 12.8 Å². The summed E-state index contributed by atoms with van der Waals surface area (Å²) < 4.78 is 31.3. The lowest BCUT2D eigenvalue weighted by molar-refractivity contribution is 0.250. The van der Waals surface area contributed by atoms with Crippen molar-refractivity contribution in [3.63, 3.8) is 0 Å². The highest BCUT2D eigenvalue weighted by molar-refractivity contribution is 7.89. The van der Waals surface area contributed by atoms with Gasteiger partial charge in [0.25, 0.3) is 0 Å². The summed E-state index contributed by atoms with van der Waals surface area (Å²) in [6, 6.07) is 4.21. The third-order valence-corrected chi connectivity index (χ3v) is 5.22. The summed E-state index contributed by atoms with van der Waals surface area (Å²) in [4.78, 5) is 13.6. The van der Waals surface area contributed by atoms with Gasteiger partial charge in [-0.3, -0.25) is 4.98 Å². The molecule has 0 unspecified atom stereocenters. The summed E-state index contributed by atoms with van der Waals surface area (Å²) in [5, 5.41) is 9.03. The monoisotopic (exact) mass is 298 g/mol. The Morgan fingerprint density at radius 2 is 2.15 bits per heavy atom. The van der Waals surface area contributed by atoms with Gasteiger partial charge in [0.05, 0.1) is 17.0 Å². The van der Waals surface area contributed by atoms with Crippen LogP contribution in [0.4, 0.5) is 0 Å². The smallest absolute Gasteiger partial charge is 0.408 e. The van der Waals surface area contributed by atoms with Gasteiger partial charge in [0.15, 0.2) is 5.58 Å². The van der Waals surface area contributed by atoms with Gasteiger partial charge < -0.3 is 9.52 Å². The van der Waals surface area contributed by atoms with Crippen LogP contribution in [0.2, 0.25) is 0 Å². The van der Waals surface area contributed by atoms with Gasteiger partial charge in [-0.1, -0.05) is 0 Å². The van der Waals surface area contributed by atoms with E-state index in [9.17, 15) is 13.2 Å².